The second-order valence-electron chi connectivity index (χ2n) is 6.14. The first-order chi connectivity index (χ1) is 12.4. The van der Waals surface area contributed by atoms with Gasteiger partial charge in [-0.3, -0.25) is 4.79 Å². The number of nitrogens with zero attached hydrogens (tertiary/aromatic N) is 2. The van der Waals surface area contributed by atoms with Crippen molar-refractivity contribution < 1.29 is 4.79 Å². The Balaban J connectivity index is 1.72. The normalized spacial score (nSPS) is 10.5. The summed E-state index contributed by atoms with van der Waals surface area (Å²) in [7, 11) is 0. The molecule has 0 aliphatic rings. The van der Waals surface area contributed by atoms with Crippen LogP contribution in [0.15, 0.2) is 48.8 Å². The van der Waals surface area contributed by atoms with Gasteiger partial charge in [-0.15, -0.1) is 0 Å². The van der Waals surface area contributed by atoms with Crippen molar-refractivity contribution in [2.24, 2.45) is 0 Å². The molecule has 3 aromatic rings. The molecule has 3 rings (SSSR count). The summed E-state index contributed by atoms with van der Waals surface area (Å²) < 4.78 is 0. The van der Waals surface area contributed by atoms with Crippen molar-refractivity contribution in [3.05, 3.63) is 76.2 Å². The Morgan fingerprint density at radius 1 is 0.923 bits per heavy atom. The summed E-state index contributed by atoms with van der Waals surface area (Å²) in [6.07, 6.45) is 2.97. The molecule has 0 radical (unpaired) electrons. The molecule has 6 heteroatoms. The fourth-order valence-electron chi connectivity index (χ4n) is 2.52. The van der Waals surface area contributed by atoms with Crippen molar-refractivity contribution in [3.63, 3.8) is 0 Å². The van der Waals surface area contributed by atoms with E-state index in [0.29, 0.717) is 10.8 Å². The molecule has 0 saturated carbocycles. The highest BCUT2D eigenvalue weighted by molar-refractivity contribution is 6.30. The number of amides is 1. The minimum absolute atomic E-state index is 0.248. The van der Waals surface area contributed by atoms with Crippen LogP contribution in [-0.2, 0) is 0 Å². The van der Waals surface area contributed by atoms with Crippen LogP contribution in [0.3, 0.4) is 0 Å². The number of halogens is 1. The maximum absolute atomic E-state index is 12.4. The van der Waals surface area contributed by atoms with Gasteiger partial charge in [-0.05, 0) is 50.1 Å². The van der Waals surface area contributed by atoms with E-state index in [1.807, 2.05) is 57.2 Å². The molecule has 1 amide bonds. The minimum atomic E-state index is -0.296. The number of hydrogen-bond donors (Lipinski definition) is 2. The topological polar surface area (TPSA) is 66.9 Å². The van der Waals surface area contributed by atoms with Crippen LogP contribution >= 0.6 is 11.6 Å². The van der Waals surface area contributed by atoms with E-state index in [2.05, 4.69) is 20.6 Å². The molecule has 0 aliphatic carbocycles. The van der Waals surface area contributed by atoms with Crippen molar-refractivity contribution in [2.75, 3.05) is 10.6 Å². The molecule has 132 valence electrons. The predicted octanol–water partition coefficient (Wildman–Crippen LogP) is 5.05. The van der Waals surface area contributed by atoms with Crippen LogP contribution in [0.5, 0.6) is 0 Å². The van der Waals surface area contributed by atoms with Gasteiger partial charge >= 0.3 is 0 Å². The Morgan fingerprint density at radius 2 is 1.73 bits per heavy atom. The highest BCUT2D eigenvalue weighted by Gasteiger charge is 2.10. The molecule has 0 aliphatic heterocycles. The lowest BCUT2D eigenvalue weighted by Crippen LogP contribution is -2.15. The van der Waals surface area contributed by atoms with Gasteiger partial charge in [-0.1, -0.05) is 35.4 Å². The Morgan fingerprint density at radius 3 is 2.42 bits per heavy atom. The van der Waals surface area contributed by atoms with Crippen molar-refractivity contribution >= 4 is 34.7 Å². The molecule has 0 unspecified atom stereocenters. The second kappa shape index (κ2) is 7.54. The van der Waals surface area contributed by atoms with Crippen molar-refractivity contribution in [1.29, 1.82) is 0 Å². The van der Waals surface area contributed by atoms with Crippen LogP contribution in [0.25, 0.3) is 0 Å². The van der Waals surface area contributed by atoms with Crippen molar-refractivity contribution in [1.82, 2.24) is 9.97 Å². The molecule has 2 N–H and O–H groups in total. The number of hydrogen-bond acceptors (Lipinski definition) is 4. The maximum atomic E-state index is 12.4. The maximum Gasteiger partial charge on any atom is 0.275 e. The SMILES string of the molecule is Cc1ccc(NC(=O)c2cnc(Nc3cc(Cl)ccc3C)cn2)c(C)c1. The van der Waals surface area contributed by atoms with Gasteiger partial charge in [0.05, 0.1) is 12.4 Å². The molecule has 26 heavy (non-hydrogen) atoms. The summed E-state index contributed by atoms with van der Waals surface area (Å²) in [5.41, 5.74) is 5.04. The third-order valence-electron chi connectivity index (χ3n) is 3.98. The number of carbonyl (C=O) groups excluding carboxylic acids is 1. The van der Waals surface area contributed by atoms with Crippen LogP contribution in [-0.4, -0.2) is 15.9 Å². The smallest absolute Gasteiger partial charge is 0.275 e. The lowest BCUT2D eigenvalue weighted by Gasteiger charge is -2.10. The Hall–Kier alpha value is -2.92. The standard InChI is InChI=1S/C20H19ClN4O/c1-12-4-7-16(14(3)8-12)25-20(26)18-10-23-19(11-22-18)24-17-9-15(21)6-5-13(17)2/h4-11H,1-3H3,(H,23,24)(H,25,26). The summed E-state index contributed by atoms with van der Waals surface area (Å²) in [5.74, 6) is 0.244. The van der Waals surface area contributed by atoms with Crippen LogP contribution in [0.2, 0.25) is 5.02 Å². The van der Waals surface area contributed by atoms with E-state index in [1.165, 1.54) is 12.4 Å². The lowest BCUT2D eigenvalue weighted by molar-refractivity contribution is 0.102. The van der Waals surface area contributed by atoms with Crippen LogP contribution in [0, 0.1) is 20.8 Å². The van der Waals surface area contributed by atoms with E-state index in [0.717, 1.165) is 28.1 Å². The molecule has 2 aromatic carbocycles. The van der Waals surface area contributed by atoms with Gasteiger partial charge in [0.15, 0.2) is 0 Å². The molecule has 1 aromatic heterocycles. The molecule has 0 saturated heterocycles. The molecule has 5 nitrogen and oxygen atoms in total. The molecule has 0 bridgehead atoms. The van der Waals surface area contributed by atoms with Gasteiger partial charge in [0, 0.05) is 16.4 Å². The monoisotopic (exact) mass is 366 g/mol. The summed E-state index contributed by atoms with van der Waals surface area (Å²) in [6, 6.07) is 11.4. The van der Waals surface area contributed by atoms with E-state index in [1.54, 1.807) is 0 Å². The van der Waals surface area contributed by atoms with Gasteiger partial charge in [0.1, 0.15) is 11.5 Å². The third kappa shape index (κ3) is 4.18. The van der Waals surface area contributed by atoms with Crippen LogP contribution in [0.1, 0.15) is 27.2 Å². The summed E-state index contributed by atoms with van der Waals surface area (Å²) >= 11 is 6.02. The van der Waals surface area contributed by atoms with Gasteiger partial charge in [-0.2, -0.15) is 0 Å². The van der Waals surface area contributed by atoms with E-state index in [4.69, 9.17) is 11.6 Å². The molecular formula is C20H19ClN4O. The molecule has 1 heterocycles. The summed E-state index contributed by atoms with van der Waals surface area (Å²) in [5, 5.41) is 6.65. The number of benzene rings is 2. The van der Waals surface area contributed by atoms with Gasteiger partial charge in [0.2, 0.25) is 0 Å². The molecule has 0 fully saturated rings. The van der Waals surface area contributed by atoms with E-state index in [9.17, 15) is 4.79 Å². The third-order valence-corrected chi connectivity index (χ3v) is 4.21. The molecular weight excluding hydrogens is 348 g/mol. The number of rotatable bonds is 4. The quantitative estimate of drug-likeness (QED) is 0.678. The Bertz CT molecular complexity index is 955. The van der Waals surface area contributed by atoms with Gasteiger partial charge in [-0.25, -0.2) is 9.97 Å². The van der Waals surface area contributed by atoms with E-state index < -0.39 is 0 Å². The molecule has 0 atom stereocenters. The van der Waals surface area contributed by atoms with E-state index in [-0.39, 0.29) is 11.6 Å². The lowest BCUT2D eigenvalue weighted by atomic mass is 10.1. The first-order valence-electron chi connectivity index (χ1n) is 8.16. The van der Waals surface area contributed by atoms with Gasteiger partial charge in [0.25, 0.3) is 5.91 Å². The fraction of sp³-hybridized carbons (Fsp3) is 0.150. The van der Waals surface area contributed by atoms with Crippen LogP contribution < -0.4 is 10.6 Å². The number of nitrogens with one attached hydrogen (secondary N) is 2. The predicted molar refractivity (Wildman–Crippen MR) is 105 cm³/mol. The highest BCUT2D eigenvalue weighted by atomic mass is 35.5. The zero-order chi connectivity index (χ0) is 18.7. The zero-order valence-electron chi connectivity index (χ0n) is 14.8. The summed E-state index contributed by atoms with van der Waals surface area (Å²) in [4.78, 5) is 20.8. The number of carbonyl (C=O) groups is 1. The Labute approximate surface area is 157 Å². The van der Waals surface area contributed by atoms with Crippen LogP contribution in [0.4, 0.5) is 17.2 Å². The fourth-order valence-corrected chi connectivity index (χ4v) is 2.69. The summed E-state index contributed by atoms with van der Waals surface area (Å²) in [6.45, 7) is 5.93. The first kappa shape index (κ1) is 17.9. The largest absolute Gasteiger partial charge is 0.339 e. The molecule has 0 spiro atoms. The average Bonchev–Trinajstić information content (AvgIpc) is 2.61. The van der Waals surface area contributed by atoms with E-state index >= 15 is 0 Å². The van der Waals surface area contributed by atoms with Crippen molar-refractivity contribution in [3.8, 4) is 0 Å². The first-order valence-corrected chi connectivity index (χ1v) is 8.54. The minimum Gasteiger partial charge on any atom is -0.339 e. The Kier molecular flexibility index (Phi) is 5.19. The number of aryl methyl sites for hydroxylation is 3. The second-order valence-corrected chi connectivity index (χ2v) is 6.58. The zero-order valence-corrected chi connectivity index (χ0v) is 15.6. The highest BCUT2D eigenvalue weighted by Crippen LogP contribution is 2.23. The van der Waals surface area contributed by atoms with Gasteiger partial charge < -0.3 is 10.6 Å². The number of anilines is 3. The average molecular weight is 367 g/mol. The van der Waals surface area contributed by atoms with Crippen molar-refractivity contribution in [2.45, 2.75) is 20.8 Å². The number of aromatic nitrogens is 2.